The summed E-state index contributed by atoms with van der Waals surface area (Å²) >= 11 is 6.08. The minimum absolute atomic E-state index is 0.0358. The molecule has 0 fully saturated rings. The van der Waals surface area contributed by atoms with Gasteiger partial charge in [0.05, 0.1) is 5.69 Å². The number of halogens is 1. The van der Waals surface area contributed by atoms with Crippen LogP contribution in [0.4, 0.5) is 11.4 Å². The number of aliphatic hydroxyl groups excluding tert-OH is 1. The van der Waals surface area contributed by atoms with E-state index >= 15 is 0 Å². The molecule has 0 saturated heterocycles. The Morgan fingerprint density at radius 2 is 1.89 bits per heavy atom. The average Bonchev–Trinajstić information content (AvgIpc) is 3.03. The zero-order valence-electron chi connectivity index (χ0n) is 18.8. The van der Waals surface area contributed by atoms with Crippen molar-refractivity contribution in [3.63, 3.8) is 0 Å². The molecule has 0 saturated carbocycles. The highest BCUT2D eigenvalue weighted by atomic mass is 35.5. The number of aliphatic carboxylic acids is 1. The van der Waals surface area contributed by atoms with Crippen LogP contribution in [0.5, 0.6) is 0 Å². The van der Waals surface area contributed by atoms with Gasteiger partial charge in [-0.3, -0.25) is 10.0 Å². The molecule has 0 radical (unpaired) electrons. The minimum Gasteiger partial charge on any atom is -0.479 e. The molecule has 0 spiro atoms. The van der Waals surface area contributed by atoms with Crippen molar-refractivity contribution >= 4 is 40.4 Å². The molecular formula is C25H27ClN4O5. The molecule has 0 aliphatic heterocycles. The number of carboxylic acid groups (broad SMARTS) is 1. The largest absolute Gasteiger partial charge is 0.479 e. The van der Waals surface area contributed by atoms with E-state index in [2.05, 4.69) is 5.32 Å². The molecule has 35 heavy (non-hydrogen) atoms. The van der Waals surface area contributed by atoms with Crippen molar-refractivity contribution in [1.29, 1.82) is 0 Å². The number of benzene rings is 2. The first-order chi connectivity index (χ1) is 16.6. The van der Waals surface area contributed by atoms with Gasteiger partial charge in [0.1, 0.15) is 5.69 Å². The van der Waals surface area contributed by atoms with Crippen molar-refractivity contribution in [3.05, 3.63) is 88.5 Å². The van der Waals surface area contributed by atoms with Crippen LogP contribution in [0.25, 0.3) is 5.57 Å². The maximum atomic E-state index is 12.8. The molecule has 2 atom stereocenters. The smallest absolute Gasteiger partial charge is 0.332 e. The second-order valence-electron chi connectivity index (χ2n) is 8.12. The number of rotatable bonds is 9. The highest BCUT2D eigenvalue weighted by molar-refractivity contribution is 6.29. The van der Waals surface area contributed by atoms with Crippen LogP contribution in [0.15, 0.2) is 71.8 Å². The Balaban J connectivity index is 1.77. The van der Waals surface area contributed by atoms with E-state index < -0.39 is 24.0 Å². The first-order valence-electron chi connectivity index (χ1n) is 10.8. The standard InChI is InChI=1S/C25H27ClN4O5/c26-19-3-1-2-16(8-10-19)17-6-4-15(5-7-17)12-20(14-23(31)25(33)34)29-24(32)18-9-11-21(27)22(13-18)30(28)35/h1-9,11,13,20,23,31,35H,10,12,14,27-28H2,(H,29,32)(H,33,34)/t20-,23?/m1/s1. The molecule has 1 aliphatic carbocycles. The Morgan fingerprint density at radius 1 is 1.17 bits per heavy atom. The van der Waals surface area contributed by atoms with Crippen LogP contribution in [-0.2, 0) is 11.2 Å². The number of hydrazine groups is 1. The molecule has 1 amide bonds. The van der Waals surface area contributed by atoms with E-state index in [9.17, 15) is 19.9 Å². The number of nitrogens with zero attached hydrogens (tertiary/aromatic N) is 1. The summed E-state index contributed by atoms with van der Waals surface area (Å²) in [5, 5.41) is 32.4. The molecule has 10 heteroatoms. The van der Waals surface area contributed by atoms with Crippen molar-refractivity contribution in [2.45, 2.75) is 31.4 Å². The van der Waals surface area contributed by atoms with Gasteiger partial charge in [-0.25, -0.2) is 10.6 Å². The number of carbonyl (C=O) groups excluding carboxylic acids is 1. The summed E-state index contributed by atoms with van der Waals surface area (Å²) in [5.41, 5.74) is 8.95. The number of amides is 1. The monoisotopic (exact) mass is 498 g/mol. The van der Waals surface area contributed by atoms with Gasteiger partial charge in [0.2, 0.25) is 0 Å². The van der Waals surface area contributed by atoms with Gasteiger partial charge in [-0.2, -0.15) is 5.17 Å². The SMILES string of the molecule is Nc1ccc(C(=O)N[C@H](Cc2ccc(C3=CCC(Cl)=CC=C3)cc2)CC(O)C(=O)O)cc1N(N)O. The van der Waals surface area contributed by atoms with Gasteiger partial charge in [0, 0.05) is 29.5 Å². The summed E-state index contributed by atoms with van der Waals surface area (Å²) in [7, 11) is 0. The van der Waals surface area contributed by atoms with E-state index in [0.717, 1.165) is 21.7 Å². The molecule has 8 N–H and O–H groups in total. The van der Waals surface area contributed by atoms with E-state index in [0.29, 0.717) is 11.6 Å². The number of allylic oxidation sites excluding steroid dienone is 6. The molecular weight excluding hydrogens is 472 g/mol. The number of aliphatic hydroxyl groups is 1. The van der Waals surface area contributed by atoms with Crippen LogP contribution in [0.1, 0.15) is 34.3 Å². The first-order valence-corrected chi connectivity index (χ1v) is 11.2. The molecule has 2 aromatic rings. The normalized spacial score (nSPS) is 14.9. The zero-order valence-corrected chi connectivity index (χ0v) is 19.5. The van der Waals surface area contributed by atoms with Gasteiger partial charge in [-0.15, -0.1) is 0 Å². The van der Waals surface area contributed by atoms with Crippen molar-refractivity contribution in [2.75, 3.05) is 10.9 Å². The topological polar surface area (TPSA) is 162 Å². The lowest BCUT2D eigenvalue weighted by atomic mass is 9.97. The second-order valence-corrected chi connectivity index (χ2v) is 8.60. The Kier molecular flexibility index (Phi) is 8.67. The molecule has 1 unspecified atom stereocenters. The van der Waals surface area contributed by atoms with Crippen LogP contribution >= 0.6 is 11.6 Å². The fourth-order valence-corrected chi connectivity index (χ4v) is 3.80. The van der Waals surface area contributed by atoms with Gasteiger partial charge in [0.25, 0.3) is 5.91 Å². The van der Waals surface area contributed by atoms with Crippen LogP contribution < -0.4 is 22.1 Å². The third kappa shape index (κ3) is 7.17. The van der Waals surface area contributed by atoms with Gasteiger partial charge >= 0.3 is 5.97 Å². The quantitative estimate of drug-likeness (QED) is 0.174. The minimum atomic E-state index is -1.66. The summed E-state index contributed by atoms with van der Waals surface area (Å²) < 4.78 is 0. The lowest BCUT2D eigenvalue weighted by molar-refractivity contribution is -0.147. The first kappa shape index (κ1) is 26.0. The number of carbonyl (C=O) groups is 2. The van der Waals surface area contributed by atoms with Crippen molar-refractivity contribution < 1.29 is 25.0 Å². The van der Waals surface area contributed by atoms with Crippen LogP contribution in [-0.4, -0.2) is 39.4 Å². The predicted molar refractivity (Wildman–Crippen MR) is 135 cm³/mol. The molecule has 0 bridgehead atoms. The molecule has 3 rings (SSSR count). The average molecular weight is 499 g/mol. The number of carboxylic acids is 1. The van der Waals surface area contributed by atoms with Crippen molar-refractivity contribution in [3.8, 4) is 0 Å². The number of anilines is 2. The van der Waals surface area contributed by atoms with Gasteiger partial charge in [-0.05, 0) is 47.4 Å². The lowest BCUT2D eigenvalue weighted by Gasteiger charge is -2.21. The van der Waals surface area contributed by atoms with Gasteiger partial charge < -0.3 is 21.3 Å². The Bertz CT molecular complexity index is 1170. The second kappa shape index (κ2) is 11.7. The van der Waals surface area contributed by atoms with Crippen LogP contribution in [0.3, 0.4) is 0 Å². The maximum absolute atomic E-state index is 12.8. The van der Waals surface area contributed by atoms with E-state index in [1.165, 1.54) is 18.2 Å². The Morgan fingerprint density at radius 3 is 2.54 bits per heavy atom. The third-order valence-corrected chi connectivity index (χ3v) is 5.79. The van der Waals surface area contributed by atoms with E-state index in [4.69, 9.17) is 28.3 Å². The number of hydrogen-bond acceptors (Lipinski definition) is 7. The number of hydrogen-bond donors (Lipinski definition) is 6. The Hall–Kier alpha value is -3.63. The van der Waals surface area contributed by atoms with Gasteiger partial charge in [0.15, 0.2) is 6.10 Å². The summed E-state index contributed by atoms with van der Waals surface area (Å²) in [4.78, 5) is 24.1. The van der Waals surface area contributed by atoms with Crippen LogP contribution in [0.2, 0.25) is 0 Å². The molecule has 1 aliphatic rings. The van der Waals surface area contributed by atoms with E-state index in [-0.39, 0.29) is 29.8 Å². The van der Waals surface area contributed by atoms with Crippen LogP contribution in [0, 0.1) is 0 Å². The number of nitrogen functional groups attached to an aromatic ring is 1. The van der Waals surface area contributed by atoms with E-state index in [1.54, 1.807) is 0 Å². The summed E-state index contributed by atoms with van der Waals surface area (Å²) in [6.45, 7) is 0. The van der Waals surface area contributed by atoms with Crippen molar-refractivity contribution in [2.24, 2.45) is 5.84 Å². The fourth-order valence-electron chi connectivity index (χ4n) is 3.65. The summed E-state index contributed by atoms with van der Waals surface area (Å²) in [6, 6.07) is 11.1. The lowest BCUT2D eigenvalue weighted by Crippen LogP contribution is -2.40. The molecule has 0 aromatic heterocycles. The summed E-state index contributed by atoms with van der Waals surface area (Å²) in [6.07, 6.45) is 6.78. The van der Waals surface area contributed by atoms with Gasteiger partial charge in [-0.1, -0.05) is 54.1 Å². The van der Waals surface area contributed by atoms with E-state index in [1.807, 2.05) is 48.6 Å². The molecule has 2 aromatic carbocycles. The Labute approximate surface area is 207 Å². The maximum Gasteiger partial charge on any atom is 0.332 e. The number of nitrogens with two attached hydrogens (primary N) is 2. The molecule has 184 valence electrons. The third-order valence-electron chi connectivity index (χ3n) is 5.51. The predicted octanol–water partition coefficient (Wildman–Crippen LogP) is 2.98. The zero-order chi connectivity index (χ0) is 25.5. The molecule has 0 heterocycles. The molecule has 9 nitrogen and oxygen atoms in total. The number of nitrogens with one attached hydrogen (secondary N) is 1. The highest BCUT2D eigenvalue weighted by Gasteiger charge is 2.23. The van der Waals surface area contributed by atoms with Crippen molar-refractivity contribution in [1.82, 2.24) is 5.32 Å². The summed E-state index contributed by atoms with van der Waals surface area (Å²) in [5.74, 6) is 3.41. The fraction of sp³-hybridized carbons (Fsp3) is 0.200. The highest BCUT2D eigenvalue weighted by Crippen LogP contribution is 2.24.